The van der Waals surface area contributed by atoms with Crippen LogP contribution in [0.1, 0.15) is 11.3 Å². The van der Waals surface area contributed by atoms with Crippen LogP contribution in [0.15, 0.2) is 48.7 Å². The third kappa shape index (κ3) is 4.45. The number of rotatable bonds is 6. The van der Waals surface area contributed by atoms with Crippen LogP contribution in [0.25, 0.3) is 0 Å². The molecule has 0 atom stereocenters. The summed E-state index contributed by atoms with van der Waals surface area (Å²) in [6.45, 7) is 1.68. The predicted molar refractivity (Wildman–Crippen MR) is 80.5 cm³/mol. The molecule has 0 spiro atoms. The van der Waals surface area contributed by atoms with E-state index in [1.807, 2.05) is 43.4 Å². The summed E-state index contributed by atoms with van der Waals surface area (Å²) in [5, 5.41) is 18.3. The van der Waals surface area contributed by atoms with Crippen molar-refractivity contribution in [3.63, 3.8) is 0 Å². The lowest BCUT2D eigenvalue weighted by Gasteiger charge is -2.17. The van der Waals surface area contributed by atoms with Gasteiger partial charge in [0.05, 0.1) is 0 Å². The van der Waals surface area contributed by atoms with E-state index >= 15 is 0 Å². The fourth-order valence-corrected chi connectivity index (χ4v) is 2.09. The molecule has 0 bridgehead atoms. The van der Waals surface area contributed by atoms with Crippen LogP contribution in [0, 0.1) is 0 Å². The molecule has 0 unspecified atom stereocenters. The Morgan fingerprint density at radius 2 is 2.00 bits per heavy atom. The molecule has 2 aromatic rings. The molecule has 104 valence electrons. The Kier molecular flexibility index (Phi) is 5.29. The van der Waals surface area contributed by atoms with Crippen LogP contribution in [0.4, 0.5) is 0 Å². The van der Waals surface area contributed by atoms with Crippen LogP contribution in [0.3, 0.4) is 0 Å². The summed E-state index contributed by atoms with van der Waals surface area (Å²) < 4.78 is 0. The Bertz CT molecular complexity index is 534. The lowest BCUT2D eigenvalue weighted by atomic mass is 9.79. The van der Waals surface area contributed by atoms with Crippen LogP contribution in [0.2, 0.25) is 0 Å². The maximum absolute atomic E-state index is 9.17. The Hall–Kier alpha value is -1.69. The highest BCUT2D eigenvalue weighted by Crippen LogP contribution is 2.03. The van der Waals surface area contributed by atoms with E-state index < -0.39 is 7.12 Å². The molecular weight excluding hydrogens is 251 g/mol. The fourth-order valence-electron chi connectivity index (χ4n) is 2.09. The Morgan fingerprint density at radius 3 is 2.70 bits per heavy atom. The maximum Gasteiger partial charge on any atom is 0.488 e. The van der Waals surface area contributed by atoms with Crippen molar-refractivity contribution in [1.82, 2.24) is 9.88 Å². The quantitative estimate of drug-likeness (QED) is 0.748. The van der Waals surface area contributed by atoms with Crippen molar-refractivity contribution in [3.8, 4) is 0 Å². The number of benzene rings is 1. The number of nitrogens with zero attached hydrogens (tertiary/aromatic N) is 2. The van der Waals surface area contributed by atoms with Crippen LogP contribution in [-0.4, -0.2) is 40.6 Å². The molecule has 4 nitrogen and oxygen atoms in total. The van der Waals surface area contributed by atoms with E-state index in [4.69, 9.17) is 10.0 Å². The fraction of sp³-hybridized carbons (Fsp3) is 0.267. The number of hydrogen-bond acceptors (Lipinski definition) is 4. The van der Waals surface area contributed by atoms with Gasteiger partial charge in [-0.1, -0.05) is 30.3 Å². The largest absolute Gasteiger partial charge is 0.488 e. The van der Waals surface area contributed by atoms with Gasteiger partial charge in [0.15, 0.2) is 0 Å². The van der Waals surface area contributed by atoms with Crippen molar-refractivity contribution in [1.29, 1.82) is 0 Å². The zero-order valence-corrected chi connectivity index (χ0v) is 11.6. The summed E-state index contributed by atoms with van der Waals surface area (Å²) in [4.78, 5) is 6.49. The standard InChI is InChI=1S/C15H19BN2O2/c1-18(10-8-15-7-2-3-9-17-15)12-13-5-4-6-14(11-13)16(19)20/h2-7,9,11,19-20H,8,10,12H2,1H3. The van der Waals surface area contributed by atoms with Crippen molar-refractivity contribution in [3.05, 3.63) is 59.9 Å². The molecule has 0 radical (unpaired) electrons. The average Bonchev–Trinajstić information content (AvgIpc) is 2.46. The maximum atomic E-state index is 9.17. The third-order valence-electron chi connectivity index (χ3n) is 3.18. The van der Waals surface area contributed by atoms with Crippen LogP contribution in [0.5, 0.6) is 0 Å². The molecule has 0 amide bonds. The van der Waals surface area contributed by atoms with E-state index in [2.05, 4.69) is 9.88 Å². The smallest absolute Gasteiger partial charge is 0.423 e. The second-order valence-electron chi connectivity index (χ2n) is 4.93. The van der Waals surface area contributed by atoms with E-state index in [1.165, 1.54) is 0 Å². The van der Waals surface area contributed by atoms with Gasteiger partial charge in [-0.25, -0.2) is 0 Å². The molecule has 20 heavy (non-hydrogen) atoms. The molecule has 0 saturated heterocycles. The summed E-state index contributed by atoms with van der Waals surface area (Å²) in [6.07, 6.45) is 2.71. The number of likely N-dealkylation sites (N-methyl/N-ethyl adjacent to an activating group) is 1. The van der Waals surface area contributed by atoms with Crippen molar-refractivity contribution in [2.24, 2.45) is 0 Å². The topological polar surface area (TPSA) is 56.6 Å². The summed E-state index contributed by atoms with van der Waals surface area (Å²) >= 11 is 0. The molecular formula is C15H19BN2O2. The van der Waals surface area contributed by atoms with E-state index in [0.717, 1.165) is 30.8 Å². The highest BCUT2D eigenvalue weighted by atomic mass is 16.4. The zero-order chi connectivity index (χ0) is 14.4. The van der Waals surface area contributed by atoms with Gasteiger partial charge < -0.3 is 14.9 Å². The lowest BCUT2D eigenvalue weighted by molar-refractivity contribution is 0.330. The molecule has 0 saturated carbocycles. The summed E-state index contributed by atoms with van der Waals surface area (Å²) in [6, 6.07) is 13.3. The van der Waals surface area contributed by atoms with Gasteiger partial charge in [0, 0.05) is 31.4 Å². The highest BCUT2D eigenvalue weighted by Gasteiger charge is 2.11. The first-order chi connectivity index (χ1) is 9.65. The minimum atomic E-state index is -1.41. The molecule has 2 rings (SSSR count). The van der Waals surface area contributed by atoms with Gasteiger partial charge in [0.25, 0.3) is 0 Å². The normalized spacial score (nSPS) is 10.8. The molecule has 0 aliphatic heterocycles. The first-order valence-electron chi connectivity index (χ1n) is 6.68. The van der Waals surface area contributed by atoms with Crippen molar-refractivity contribution < 1.29 is 10.0 Å². The average molecular weight is 270 g/mol. The van der Waals surface area contributed by atoms with Crippen molar-refractivity contribution in [2.75, 3.05) is 13.6 Å². The van der Waals surface area contributed by atoms with Gasteiger partial charge in [-0.05, 0) is 30.2 Å². The van der Waals surface area contributed by atoms with Gasteiger partial charge in [-0.15, -0.1) is 0 Å². The molecule has 1 aromatic carbocycles. The predicted octanol–water partition coefficient (Wildman–Crippen LogP) is 0.436. The Morgan fingerprint density at radius 1 is 1.15 bits per heavy atom. The molecule has 2 N–H and O–H groups in total. The van der Waals surface area contributed by atoms with Gasteiger partial charge >= 0.3 is 7.12 Å². The summed E-state index contributed by atoms with van der Waals surface area (Å²) in [7, 11) is 0.638. The van der Waals surface area contributed by atoms with E-state index in [0.29, 0.717) is 5.46 Å². The molecule has 1 aromatic heterocycles. The van der Waals surface area contributed by atoms with Crippen LogP contribution < -0.4 is 5.46 Å². The van der Waals surface area contributed by atoms with E-state index in [1.54, 1.807) is 12.3 Å². The first kappa shape index (κ1) is 14.7. The van der Waals surface area contributed by atoms with Gasteiger partial charge in [0.1, 0.15) is 0 Å². The van der Waals surface area contributed by atoms with E-state index in [-0.39, 0.29) is 0 Å². The zero-order valence-electron chi connectivity index (χ0n) is 11.6. The van der Waals surface area contributed by atoms with Gasteiger partial charge in [-0.2, -0.15) is 0 Å². The third-order valence-corrected chi connectivity index (χ3v) is 3.18. The Balaban J connectivity index is 1.88. The number of hydrogen-bond donors (Lipinski definition) is 2. The second-order valence-corrected chi connectivity index (χ2v) is 4.93. The first-order valence-corrected chi connectivity index (χ1v) is 6.68. The molecule has 5 heteroatoms. The van der Waals surface area contributed by atoms with Crippen molar-refractivity contribution >= 4 is 12.6 Å². The number of aromatic nitrogens is 1. The minimum absolute atomic E-state index is 0.528. The Labute approximate surface area is 119 Å². The summed E-state index contributed by atoms with van der Waals surface area (Å²) in [5.74, 6) is 0. The highest BCUT2D eigenvalue weighted by molar-refractivity contribution is 6.58. The van der Waals surface area contributed by atoms with Crippen LogP contribution >= 0.6 is 0 Å². The van der Waals surface area contributed by atoms with Gasteiger partial charge in [-0.3, -0.25) is 4.98 Å². The number of pyridine rings is 1. The molecule has 0 fully saturated rings. The summed E-state index contributed by atoms with van der Waals surface area (Å²) in [5.41, 5.74) is 2.68. The van der Waals surface area contributed by atoms with E-state index in [9.17, 15) is 0 Å². The monoisotopic (exact) mass is 270 g/mol. The van der Waals surface area contributed by atoms with Crippen LogP contribution in [-0.2, 0) is 13.0 Å². The minimum Gasteiger partial charge on any atom is -0.423 e. The van der Waals surface area contributed by atoms with Crippen molar-refractivity contribution in [2.45, 2.75) is 13.0 Å². The SMILES string of the molecule is CN(CCc1ccccn1)Cc1cccc(B(O)O)c1. The second kappa shape index (κ2) is 7.19. The lowest BCUT2D eigenvalue weighted by Crippen LogP contribution is -2.30. The molecule has 0 aliphatic carbocycles. The molecule has 0 aliphatic rings. The molecule has 1 heterocycles. The van der Waals surface area contributed by atoms with Gasteiger partial charge in [0.2, 0.25) is 0 Å².